The van der Waals surface area contributed by atoms with Crippen LogP contribution >= 0.6 is 0 Å². The molecule has 74 valence electrons. The molecule has 0 aromatic carbocycles. The minimum atomic E-state index is 0.583. The van der Waals surface area contributed by atoms with Crippen molar-refractivity contribution in [1.29, 1.82) is 0 Å². The van der Waals surface area contributed by atoms with Crippen molar-refractivity contribution in [2.45, 2.75) is 13.8 Å². The van der Waals surface area contributed by atoms with Gasteiger partial charge in [-0.15, -0.1) is 10.2 Å². The molecule has 0 amide bonds. The summed E-state index contributed by atoms with van der Waals surface area (Å²) in [6.07, 6.45) is 5.23. The number of hydrogen-bond donors (Lipinski definition) is 1. The molecule has 2 aromatic rings. The van der Waals surface area contributed by atoms with Gasteiger partial charge in [-0.3, -0.25) is 4.40 Å². The van der Waals surface area contributed by atoms with Crippen molar-refractivity contribution in [1.82, 2.24) is 19.6 Å². The van der Waals surface area contributed by atoms with Gasteiger partial charge in [0.05, 0.1) is 0 Å². The van der Waals surface area contributed by atoms with Crippen LogP contribution in [0.1, 0.15) is 13.8 Å². The van der Waals surface area contributed by atoms with Crippen LogP contribution in [0.15, 0.2) is 18.7 Å². The van der Waals surface area contributed by atoms with E-state index in [1.807, 2.05) is 10.6 Å². The second-order valence-electron chi connectivity index (χ2n) is 3.61. The average Bonchev–Trinajstić information content (AvgIpc) is 2.62. The van der Waals surface area contributed by atoms with Gasteiger partial charge in [0, 0.05) is 18.9 Å². The highest BCUT2D eigenvalue weighted by Crippen LogP contribution is 2.09. The summed E-state index contributed by atoms with van der Waals surface area (Å²) in [6, 6.07) is 0. The Kier molecular flexibility index (Phi) is 2.30. The summed E-state index contributed by atoms with van der Waals surface area (Å²) in [4.78, 5) is 4.22. The number of nitrogens with one attached hydrogen (secondary N) is 1. The molecule has 2 aromatic heterocycles. The van der Waals surface area contributed by atoms with Crippen molar-refractivity contribution in [3.63, 3.8) is 0 Å². The van der Waals surface area contributed by atoms with E-state index in [2.05, 4.69) is 34.3 Å². The van der Waals surface area contributed by atoms with Crippen LogP contribution in [0.5, 0.6) is 0 Å². The molecule has 5 nitrogen and oxygen atoms in total. The van der Waals surface area contributed by atoms with Crippen LogP contribution in [-0.2, 0) is 0 Å². The van der Waals surface area contributed by atoms with E-state index in [0.717, 1.165) is 18.0 Å². The largest absolute Gasteiger partial charge is 0.367 e. The molecule has 0 fully saturated rings. The predicted octanol–water partition coefficient (Wildman–Crippen LogP) is 1.19. The normalized spacial score (nSPS) is 11.1. The highest BCUT2D eigenvalue weighted by Gasteiger charge is 2.03. The topological polar surface area (TPSA) is 55.1 Å². The first-order valence-electron chi connectivity index (χ1n) is 4.65. The second kappa shape index (κ2) is 3.61. The first-order valence-corrected chi connectivity index (χ1v) is 4.65. The smallest absolute Gasteiger partial charge is 0.203 e. The van der Waals surface area contributed by atoms with Gasteiger partial charge in [-0.05, 0) is 5.92 Å². The molecule has 0 aliphatic heterocycles. The van der Waals surface area contributed by atoms with Gasteiger partial charge in [-0.25, -0.2) is 4.98 Å². The van der Waals surface area contributed by atoms with Crippen molar-refractivity contribution in [3.05, 3.63) is 18.7 Å². The minimum Gasteiger partial charge on any atom is -0.367 e. The number of anilines is 1. The van der Waals surface area contributed by atoms with E-state index in [-0.39, 0.29) is 0 Å². The van der Waals surface area contributed by atoms with Crippen molar-refractivity contribution in [3.8, 4) is 0 Å². The average molecular weight is 191 g/mol. The maximum absolute atomic E-state index is 4.22. The molecule has 0 unspecified atom stereocenters. The summed E-state index contributed by atoms with van der Waals surface area (Å²) in [7, 11) is 0. The molecule has 0 spiro atoms. The number of aromatic nitrogens is 4. The lowest BCUT2D eigenvalue weighted by molar-refractivity contribution is 0.687. The summed E-state index contributed by atoms with van der Waals surface area (Å²) < 4.78 is 1.84. The van der Waals surface area contributed by atoms with Crippen LogP contribution < -0.4 is 5.32 Å². The van der Waals surface area contributed by atoms with Crippen LogP contribution in [0.2, 0.25) is 0 Å². The fourth-order valence-corrected chi connectivity index (χ4v) is 1.18. The molecule has 0 atom stereocenters. The van der Waals surface area contributed by atoms with Crippen molar-refractivity contribution >= 4 is 11.5 Å². The molecule has 5 heteroatoms. The number of nitrogens with zero attached hydrogens (tertiary/aromatic N) is 4. The lowest BCUT2D eigenvalue weighted by atomic mass is 10.2. The first-order chi connectivity index (χ1) is 6.77. The summed E-state index contributed by atoms with van der Waals surface area (Å²) in [5, 5.41) is 11.0. The molecular formula is C9H13N5. The summed E-state index contributed by atoms with van der Waals surface area (Å²) in [5.41, 5.74) is 0.771. The second-order valence-corrected chi connectivity index (χ2v) is 3.61. The van der Waals surface area contributed by atoms with Gasteiger partial charge in [-0.1, -0.05) is 13.8 Å². The minimum absolute atomic E-state index is 0.583. The molecule has 0 aliphatic rings. The Morgan fingerprint density at radius 1 is 1.50 bits per heavy atom. The quantitative estimate of drug-likeness (QED) is 0.791. The van der Waals surface area contributed by atoms with Crippen LogP contribution in [0.25, 0.3) is 5.65 Å². The molecule has 0 radical (unpaired) electrons. The molecular weight excluding hydrogens is 178 g/mol. The predicted molar refractivity (Wildman–Crippen MR) is 54.1 cm³/mol. The van der Waals surface area contributed by atoms with Gasteiger partial charge in [0.15, 0.2) is 5.82 Å². The molecule has 0 bridgehead atoms. The van der Waals surface area contributed by atoms with Crippen LogP contribution in [-0.4, -0.2) is 26.1 Å². The number of hydrogen-bond acceptors (Lipinski definition) is 4. The summed E-state index contributed by atoms with van der Waals surface area (Å²) in [5.74, 6) is 1.37. The third kappa shape index (κ3) is 1.66. The van der Waals surface area contributed by atoms with E-state index < -0.39 is 0 Å². The Labute approximate surface area is 82.2 Å². The van der Waals surface area contributed by atoms with E-state index in [0.29, 0.717) is 5.92 Å². The van der Waals surface area contributed by atoms with Crippen LogP contribution in [0, 0.1) is 5.92 Å². The fraction of sp³-hybridized carbons (Fsp3) is 0.444. The third-order valence-electron chi connectivity index (χ3n) is 1.89. The Morgan fingerprint density at radius 3 is 3.14 bits per heavy atom. The molecule has 2 heterocycles. The Bertz CT molecular complexity index is 420. The van der Waals surface area contributed by atoms with Gasteiger partial charge in [0.25, 0.3) is 0 Å². The lowest BCUT2D eigenvalue weighted by Gasteiger charge is -2.07. The van der Waals surface area contributed by atoms with Gasteiger partial charge >= 0.3 is 0 Å². The highest BCUT2D eigenvalue weighted by molar-refractivity contribution is 5.61. The van der Waals surface area contributed by atoms with E-state index in [1.165, 1.54) is 0 Å². The Morgan fingerprint density at radius 2 is 2.36 bits per heavy atom. The molecule has 1 N–H and O–H groups in total. The lowest BCUT2D eigenvalue weighted by Crippen LogP contribution is -2.10. The Hall–Kier alpha value is -1.65. The van der Waals surface area contributed by atoms with Crippen LogP contribution in [0.4, 0.5) is 5.82 Å². The van der Waals surface area contributed by atoms with Gasteiger partial charge in [0.1, 0.15) is 6.33 Å². The van der Waals surface area contributed by atoms with Gasteiger partial charge < -0.3 is 5.32 Å². The number of fused-ring (bicyclic) bond motifs is 1. The zero-order chi connectivity index (χ0) is 9.97. The van der Waals surface area contributed by atoms with Crippen LogP contribution in [0.3, 0.4) is 0 Å². The molecule has 14 heavy (non-hydrogen) atoms. The van der Waals surface area contributed by atoms with E-state index in [9.17, 15) is 0 Å². The maximum atomic E-state index is 4.22. The molecule has 0 aliphatic carbocycles. The Balaban J connectivity index is 2.27. The first kappa shape index (κ1) is 8.93. The molecule has 2 rings (SSSR count). The van der Waals surface area contributed by atoms with Crippen molar-refractivity contribution in [2.24, 2.45) is 5.92 Å². The number of rotatable bonds is 3. The standard InChI is InChI=1S/C9H13N5/c1-7(2)5-11-8-9-13-12-6-14(9)4-3-10-8/h3-4,6-7H,5H2,1-2H3,(H,10,11). The fourth-order valence-electron chi connectivity index (χ4n) is 1.18. The molecule has 0 saturated carbocycles. The maximum Gasteiger partial charge on any atom is 0.203 e. The van der Waals surface area contributed by atoms with E-state index >= 15 is 0 Å². The summed E-state index contributed by atoms with van der Waals surface area (Å²) >= 11 is 0. The zero-order valence-electron chi connectivity index (χ0n) is 8.31. The van der Waals surface area contributed by atoms with E-state index in [4.69, 9.17) is 0 Å². The third-order valence-corrected chi connectivity index (χ3v) is 1.89. The summed E-state index contributed by atoms with van der Waals surface area (Å²) in [6.45, 7) is 5.19. The van der Waals surface area contributed by atoms with Crippen molar-refractivity contribution < 1.29 is 0 Å². The molecule has 0 saturated heterocycles. The SMILES string of the molecule is CC(C)CNc1nccn2cnnc12. The zero-order valence-corrected chi connectivity index (χ0v) is 8.31. The highest BCUT2D eigenvalue weighted by atomic mass is 15.2. The van der Waals surface area contributed by atoms with Gasteiger partial charge in [0.2, 0.25) is 5.65 Å². The van der Waals surface area contributed by atoms with Crippen molar-refractivity contribution in [2.75, 3.05) is 11.9 Å². The van der Waals surface area contributed by atoms with E-state index in [1.54, 1.807) is 12.5 Å². The van der Waals surface area contributed by atoms with Gasteiger partial charge in [-0.2, -0.15) is 0 Å². The monoisotopic (exact) mass is 191 g/mol.